The number of carbonyl (C=O) groups excluding carboxylic acids is 1. The van der Waals surface area contributed by atoms with Gasteiger partial charge in [0, 0.05) is 22.2 Å². The van der Waals surface area contributed by atoms with Gasteiger partial charge in [-0.05, 0) is 62.8 Å². The van der Waals surface area contributed by atoms with Crippen LogP contribution in [0.5, 0.6) is 0 Å². The van der Waals surface area contributed by atoms with Crippen molar-refractivity contribution in [2.45, 2.75) is 43.0 Å². The van der Waals surface area contributed by atoms with Gasteiger partial charge in [0.2, 0.25) is 0 Å². The number of thioether (sulfide) groups is 1. The predicted molar refractivity (Wildman–Crippen MR) is 123 cm³/mol. The van der Waals surface area contributed by atoms with E-state index in [1.54, 1.807) is 16.4 Å². The van der Waals surface area contributed by atoms with Gasteiger partial charge in [-0.3, -0.25) is 4.79 Å². The third kappa shape index (κ3) is 3.96. The van der Waals surface area contributed by atoms with Crippen LogP contribution in [0.1, 0.15) is 53.0 Å². The Morgan fingerprint density at radius 3 is 2.55 bits per heavy atom. The standard InChI is InChI=1S/C22H24N4O3S2/c1-13-20-18(22(27)23-15-5-7-17(30-2)8-6-15)11-19(14-3-4-14)24-21(20)26(25-13)16-9-10-31(28,29)12-16/h5-8,11,14,16H,3-4,9-10,12H2,1-2H3,(H,23,27)/t16-/m0/s1. The topological polar surface area (TPSA) is 93.9 Å². The van der Waals surface area contributed by atoms with Crippen molar-refractivity contribution in [3.8, 4) is 0 Å². The number of hydrogen-bond donors (Lipinski definition) is 1. The molecule has 9 heteroatoms. The van der Waals surface area contributed by atoms with Gasteiger partial charge >= 0.3 is 0 Å². The fraction of sp³-hybridized carbons (Fsp3) is 0.409. The summed E-state index contributed by atoms with van der Waals surface area (Å²) in [4.78, 5) is 19.3. The van der Waals surface area contributed by atoms with E-state index in [9.17, 15) is 13.2 Å². The van der Waals surface area contributed by atoms with Crippen LogP contribution in [-0.2, 0) is 9.84 Å². The van der Waals surface area contributed by atoms with E-state index in [1.165, 1.54) is 0 Å². The lowest BCUT2D eigenvalue weighted by Gasteiger charge is -2.12. The van der Waals surface area contributed by atoms with Crippen LogP contribution in [0.15, 0.2) is 35.2 Å². The van der Waals surface area contributed by atoms with Crippen LogP contribution in [0.4, 0.5) is 5.69 Å². The number of amides is 1. The Hall–Kier alpha value is -2.39. The molecule has 0 bridgehead atoms. The first-order valence-corrected chi connectivity index (χ1v) is 13.4. The minimum atomic E-state index is -3.06. The number of sulfone groups is 1. The Morgan fingerprint density at radius 1 is 1.19 bits per heavy atom. The summed E-state index contributed by atoms with van der Waals surface area (Å²) in [5.74, 6) is 0.391. The minimum absolute atomic E-state index is 0.0713. The molecule has 1 aromatic carbocycles. The average molecular weight is 457 g/mol. The van der Waals surface area contributed by atoms with Crippen LogP contribution in [0.25, 0.3) is 11.0 Å². The first-order chi connectivity index (χ1) is 14.8. The Bertz CT molecular complexity index is 1280. The molecule has 3 heterocycles. The summed E-state index contributed by atoms with van der Waals surface area (Å²) in [5, 5.41) is 8.34. The zero-order valence-corrected chi connectivity index (χ0v) is 19.1. The molecule has 1 aliphatic carbocycles. The number of aryl methyl sites for hydroxylation is 1. The SMILES string of the molecule is CSc1ccc(NC(=O)c2cc(C3CC3)nc3c2c(C)nn3[C@H]2CCS(=O)(=O)C2)cc1. The monoisotopic (exact) mass is 456 g/mol. The lowest BCUT2D eigenvalue weighted by atomic mass is 10.1. The number of fused-ring (bicyclic) bond motifs is 1. The van der Waals surface area contributed by atoms with E-state index in [0.29, 0.717) is 34.6 Å². The molecule has 1 N–H and O–H groups in total. The lowest BCUT2D eigenvalue weighted by molar-refractivity contribution is 0.102. The summed E-state index contributed by atoms with van der Waals surface area (Å²) in [6, 6.07) is 9.38. The molecule has 5 rings (SSSR count). The van der Waals surface area contributed by atoms with Gasteiger partial charge < -0.3 is 5.32 Å². The molecule has 1 saturated carbocycles. The van der Waals surface area contributed by atoms with Gasteiger partial charge in [0.05, 0.1) is 34.2 Å². The van der Waals surface area contributed by atoms with Gasteiger partial charge in [0.1, 0.15) is 0 Å². The summed E-state index contributed by atoms with van der Waals surface area (Å²) in [6.45, 7) is 1.85. The van der Waals surface area contributed by atoms with Crippen molar-refractivity contribution < 1.29 is 13.2 Å². The second-order valence-electron chi connectivity index (χ2n) is 8.34. The lowest BCUT2D eigenvalue weighted by Crippen LogP contribution is -2.15. The molecule has 1 amide bonds. The molecular formula is C22H24N4O3S2. The third-order valence-corrected chi connectivity index (χ3v) is 8.49. The van der Waals surface area contributed by atoms with E-state index in [0.717, 1.165) is 29.1 Å². The van der Waals surface area contributed by atoms with Crippen LogP contribution in [0, 0.1) is 6.92 Å². The summed E-state index contributed by atoms with van der Waals surface area (Å²) >= 11 is 1.65. The molecule has 1 aliphatic heterocycles. The fourth-order valence-corrected chi connectivity index (χ4v) is 6.30. The number of rotatable bonds is 5. The maximum atomic E-state index is 13.3. The van der Waals surface area contributed by atoms with Crippen LogP contribution in [0.2, 0.25) is 0 Å². The van der Waals surface area contributed by atoms with Gasteiger partial charge in [0.15, 0.2) is 15.5 Å². The predicted octanol–water partition coefficient (Wildman–Crippen LogP) is 3.95. The number of pyridine rings is 1. The van der Waals surface area contributed by atoms with Gasteiger partial charge in [0.25, 0.3) is 5.91 Å². The normalized spacial score (nSPS) is 20.3. The third-order valence-electron chi connectivity index (χ3n) is 6.00. The highest BCUT2D eigenvalue weighted by molar-refractivity contribution is 7.98. The molecule has 0 spiro atoms. The molecule has 3 aromatic rings. The highest BCUT2D eigenvalue weighted by Gasteiger charge is 2.34. The Kier molecular flexibility index (Phi) is 5.05. The summed E-state index contributed by atoms with van der Waals surface area (Å²) < 4.78 is 25.8. The van der Waals surface area contributed by atoms with Gasteiger partial charge in [-0.25, -0.2) is 18.1 Å². The van der Waals surface area contributed by atoms with Crippen LogP contribution in [0.3, 0.4) is 0 Å². The number of nitrogens with zero attached hydrogens (tertiary/aromatic N) is 3. The molecule has 7 nitrogen and oxygen atoms in total. The Balaban J connectivity index is 1.57. The van der Waals surface area contributed by atoms with Crippen LogP contribution in [-0.4, -0.2) is 46.9 Å². The fourth-order valence-electron chi connectivity index (χ4n) is 4.20. The van der Waals surface area contributed by atoms with E-state index in [2.05, 4.69) is 10.4 Å². The van der Waals surface area contributed by atoms with E-state index >= 15 is 0 Å². The van der Waals surface area contributed by atoms with Crippen molar-refractivity contribution in [2.24, 2.45) is 0 Å². The van der Waals surface area contributed by atoms with E-state index in [-0.39, 0.29) is 23.5 Å². The molecule has 31 heavy (non-hydrogen) atoms. The van der Waals surface area contributed by atoms with Crippen LogP contribution >= 0.6 is 11.8 Å². The van der Waals surface area contributed by atoms with Crippen molar-refractivity contribution in [1.82, 2.24) is 14.8 Å². The highest BCUT2D eigenvalue weighted by Crippen LogP contribution is 2.41. The maximum absolute atomic E-state index is 13.3. The molecule has 2 aromatic heterocycles. The van der Waals surface area contributed by atoms with E-state index in [1.807, 2.05) is 43.5 Å². The number of anilines is 1. The first-order valence-electron chi connectivity index (χ1n) is 10.4. The Labute approximate surface area is 185 Å². The molecular weight excluding hydrogens is 432 g/mol. The minimum Gasteiger partial charge on any atom is -0.322 e. The van der Waals surface area contributed by atoms with E-state index in [4.69, 9.17) is 4.98 Å². The highest BCUT2D eigenvalue weighted by atomic mass is 32.2. The van der Waals surface area contributed by atoms with Crippen molar-refractivity contribution >= 4 is 44.2 Å². The molecule has 0 radical (unpaired) electrons. The average Bonchev–Trinajstić information content (AvgIpc) is 3.47. The second-order valence-corrected chi connectivity index (χ2v) is 11.4. The quantitative estimate of drug-likeness (QED) is 0.584. The van der Waals surface area contributed by atoms with Crippen molar-refractivity contribution in [2.75, 3.05) is 23.1 Å². The summed E-state index contributed by atoms with van der Waals surface area (Å²) in [7, 11) is -3.06. The molecule has 2 aliphatic rings. The van der Waals surface area contributed by atoms with Gasteiger partial charge in [-0.15, -0.1) is 11.8 Å². The van der Waals surface area contributed by atoms with E-state index < -0.39 is 9.84 Å². The number of benzene rings is 1. The van der Waals surface area contributed by atoms with Crippen LogP contribution < -0.4 is 5.32 Å². The second kappa shape index (κ2) is 7.63. The Morgan fingerprint density at radius 2 is 1.94 bits per heavy atom. The molecule has 0 unspecified atom stereocenters. The van der Waals surface area contributed by atoms with Crippen molar-refractivity contribution in [1.29, 1.82) is 0 Å². The zero-order chi connectivity index (χ0) is 21.8. The van der Waals surface area contributed by atoms with Crippen molar-refractivity contribution in [3.05, 3.63) is 47.3 Å². The van der Waals surface area contributed by atoms with Gasteiger partial charge in [-0.2, -0.15) is 5.10 Å². The number of hydrogen-bond acceptors (Lipinski definition) is 6. The number of aromatic nitrogens is 3. The largest absolute Gasteiger partial charge is 0.322 e. The number of carbonyl (C=O) groups is 1. The van der Waals surface area contributed by atoms with Gasteiger partial charge in [-0.1, -0.05) is 0 Å². The molecule has 2 fully saturated rings. The molecule has 162 valence electrons. The molecule has 1 saturated heterocycles. The van der Waals surface area contributed by atoms with Crippen molar-refractivity contribution in [3.63, 3.8) is 0 Å². The molecule has 1 atom stereocenters. The zero-order valence-electron chi connectivity index (χ0n) is 17.5. The first kappa shape index (κ1) is 20.5. The summed E-state index contributed by atoms with van der Waals surface area (Å²) in [6.07, 6.45) is 4.65. The summed E-state index contributed by atoms with van der Waals surface area (Å²) in [5.41, 5.74) is 3.47. The smallest absolute Gasteiger partial charge is 0.256 e. The maximum Gasteiger partial charge on any atom is 0.256 e. The number of nitrogens with one attached hydrogen (secondary N) is 1.